The molecule has 19 heavy (non-hydrogen) atoms. The maximum Gasteiger partial charge on any atom is 0.319 e. The molecular weight excluding hydrogens is 238 g/mol. The van der Waals surface area contributed by atoms with Crippen molar-refractivity contribution in [1.82, 2.24) is 5.32 Å². The molecule has 106 valence electrons. The highest BCUT2D eigenvalue weighted by atomic mass is 16.2. The van der Waals surface area contributed by atoms with Crippen molar-refractivity contribution in [3.8, 4) is 0 Å². The Morgan fingerprint density at radius 3 is 2.58 bits per heavy atom. The SMILES string of the molecule is CCCCCNC(=O)Nc1ccc(N(C)C)cc1C. The van der Waals surface area contributed by atoms with E-state index in [0.717, 1.165) is 42.7 Å². The monoisotopic (exact) mass is 263 g/mol. The first-order valence-corrected chi connectivity index (χ1v) is 6.87. The van der Waals surface area contributed by atoms with E-state index < -0.39 is 0 Å². The molecule has 0 aliphatic heterocycles. The zero-order valence-electron chi connectivity index (χ0n) is 12.4. The molecule has 0 bridgehead atoms. The van der Waals surface area contributed by atoms with Crippen LogP contribution in [0.25, 0.3) is 0 Å². The second-order valence-corrected chi connectivity index (χ2v) is 4.98. The smallest absolute Gasteiger partial charge is 0.319 e. The van der Waals surface area contributed by atoms with Crippen molar-refractivity contribution < 1.29 is 4.79 Å². The van der Waals surface area contributed by atoms with Crippen LogP contribution < -0.4 is 15.5 Å². The Hall–Kier alpha value is -1.71. The molecule has 4 heteroatoms. The minimum Gasteiger partial charge on any atom is -0.378 e. The highest BCUT2D eigenvalue weighted by molar-refractivity contribution is 5.90. The number of aryl methyl sites for hydroxylation is 1. The summed E-state index contributed by atoms with van der Waals surface area (Å²) in [6.07, 6.45) is 3.34. The van der Waals surface area contributed by atoms with E-state index in [9.17, 15) is 4.79 Å². The van der Waals surface area contributed by atoms with Crippen LogP contribution in [0.3, 0.4) is 0 Å². The third kappa shape index (κ3) is 5.20. The van der Waals surface area contributed by atoms with E-state index in [2.05, 4.69) is 23.6 Å². The molecule has 0 saturated heterocycles. The van der Waals surface area contributed by atoms with Crippen molar-refractivity contribution in [3.05, 3.63) is 23.8 Å². The average Bonchev–Trinajstić information content (AvgIpc) is 2.37. The highest BCUT2D eigenvalue weighted by Crippen LogP contribution is 2.21. The molecule has 1 rings (SSSR count). The number of benzene rings is 1. The van der Waals surface area contributed by atoms with Crippen molar-refractivity contribution >= 4 is 17.4 Å². The average molecular weight is 263 g/mol. The van der Waals surface area contributed by atoms with Crippen molar-refractivity contribution in [1.29, 1.82) is 0 Å². The van der Waals surface area contributed by atoms with Gasteiger partial charge in [-0.05, 0) is 37.1 Å². The van der Waals surface area contributed by atoms with E-state index in [1.807, 2.05) is 38.1 Å². The maximum absolute atomic E-state index is 11.7. The van der Waals surface area contributed by atoms with E-state index >= 15 is 0 Å². The van der Waals surface area contributed by atoms with Gasteiger partial charge in [0.1, 0.15) is 0 Å². The molecule has 0 aliphatic carbocycles. The molecule has 2 amide bonds. The first kappa shape index (κ1) is 15.3. The molecule has 0 spiro atoms. The lowest BCUT2D eigenvalue weighted by atomic mass is 10.1. The second kappa shape index (κ2) is 7.67. The van der Waals surface area contributed by atoms with Crippen LogP contribution in [0.4, 0.5) is 16.2 Å². The molecule has 0 unspecified atom stereocenters. The molecule has 0 heterocycles. The molecule has 2 N–H and O–H groups in total. The summed E-state index contributed by atoms with van der Waals surface area (Å²) in [7, 11) is 4.00. The summed E-state index contributed by atoms with van der Waals surface area (Å²) in [5, 5.41) is 5.75. The van der Waals surface area contributed by atoms with Crippen LogP contribution in [0.1, 0.15) is 31.7 Å². The third-order valence-corrected chi connectivity index (χ3v) is 3.04. The fraction of sp³-hybridized carbons (Fsp3) is 0.533. The van der Waals surface area contributed by atoms with Gasteiger partial charge in [0, 0.05) is 32.0 Å². The summed E-state index contributed by atoms with van der Waals surface area (Å²) in [5.74, 6) is 0. The molecule has 4 nitrogen and oxygen atoms in total. The van der Waals surface area contributed by atoms with E-state index in [-0.39, 0.29) is 6.03 Å². The van der Waals surface area contributed by atoms with Gasteiger partial charge in [-0.1, -0.05) is 19.8 Å². The van der Waals surface area contributed by atoms with Crippen molar-refractivity contribution in [2.45, 2.75) is 33.1 Å². The predicted octanol–water partition coefficient (Wildman–Crippen LogP) is 3.37. The van der Waals surface area contributed by atoms with E-state index in [1.165, 1.54) is 0 Å². The van der Waals surface area contributed by atoms with Gasteiger partial charge in [-0.25, -0.2) is 4.79 Å². The summed E-state index contributed by atoms with van der Waals surface area (Å²) in [6, 6.07) is 5.87. The Balaban J connectivity index is 2.50. The molecule has 0 radical (unpaired) electrons. The van der Waals surface area contributed by atoms with E-state index in [0.29, 0.717) is 0 Å². The van der Waals surface area contributed by atoms with Crippen LogP contribution in [0, 0.1) is 6.92 Å². The van der Waals surface area contributed by atoms with Gasteiger partial charge in [0.05, 0.1) is 0 Å². The quantitative estimate of drug-likeness (QED) is 0.773. The lowest BCUT2D eigenvalue weighted by Gasteiger charge is -2.15. The van der Waals surface area contributed by atoms with Crippen molar-refractivity contribution in [2.75, 3.05) is 30.9 Å². The summed E-state index contributed by atoms with van der Waals surface area (Å²) in [6.45, 7) is 4.88. The zero-order chi connectivity index (χ0) is 14.3. The van der Waals surface area contributed by atoms with E-state index in [4.69, 9.17) is 0 Å². The number of rotatable bonds is 6. The number of amides is 2. The molecular formula is C15H25N3O. The topological polar surface area (TPSA) is 44.4 Å². The normalized spacial score (nSPS) is 10.1. The number of hydrogen-bond donors (Lipinski definition) is 2. The van der Waals surface area contributed by atoms with Gasteiger partial charge in [0.15, 0.2) is 0 Å². The van der Waals surface area contributed by atoms with Crippen LogP contribution in [-0.2, 0) is 0 Å². The Labute approximate surface area is 116 Å². The zero-order valence-corrected chi connectivity index (χ0v) is 12.4. The first-order valence-electron chi connectivity index (χ1n) is 6.87. The standard InChI is InChI=1S/C15H25N3O/c1-5-6-7-10-16-15(19)17-14-9-8-13(18(3)4)11-12(14)2/h8-9,11H,5-7,10H2,1-4H3,(H2,16,17,19). The fourth-order valence-corrected chi connectivity index (χ4v) is 1.81. The Bertz CT molecular complexity index is 416. The minimum atomic E-state index is -0.128. The summed E-state index contributed by atoms with van der Waals surface area (Å²) in [5.41, 5.74) is 3.06. The number of nitrogens with one attached hydrogen (secondary N) is 2. The van der Waals surface area contributed by atoms with Crippen molar-refractivity contribution in [3.63, 3.8) is 0 Å². The predicted molar refractivity (Wildman–Crippen MR) is 82.1 cm³/mol. The summed E-state index contributed by atoms with van der Waals surface area (Å²) in [4.78, 5) is 13.8. The lowest BCUT2D eigenvalue weighted by Crippen LogP contribution is -2.29. The Morgan fingerprint density at radius 2 is 2.00 bits per heavy atom. The highest BCUT2D eigenvalue weighted by Gasteiger charge is 2.05. The number of anilines is 2. The van der Waals surface area contributed by atoms with Crippen LogP contribution in [0.5, 0.6) is 0 Å². The van der Waals surface area contributed by atoms with Crippen LogP contribution in [-0.4, -0.2) is 26.7 Å². The van der Waals surface area contributed by atoms with Gasteiger partial charge in [0.25, 0.3) is 0 Å². The third-order valence-electron chi connectivity index (χ3n) is 3.04. The van der Waals surface area contributed by atoms with Gasteiger partial charge in [0.2, 0.25) is 0 Å². The summed E-state index contributed by atoms with van der Waals surface area (Å²) < 4.78 is 0. The van der Waals surface area contributed by atoms with Crippen molar-refractivity contribution in [2.24, 2.45) is 0 Å². The molecule has 0 saturated carbocycles. The molecule has 0 atom stereocenters. The van der Waals surface area contributed by atoms with Gasteiger partial charge in [-0.15, -0.1) is 0 Å². The maximum atomic E-state index is 11.7. The molecule has 0 aromatic heterocycles. The van der Waals surface area contributed by atoms with E-state index in [1.54, 1.807) is 0 Å². The summed E-state index contributed by atoms with van der Waals surface area (Å²) >= 11 is 0. The Morgan fingerprint density at radius 1 is 1.26 bits per heavy atom. The first-order chi connectivity index (χ1) is 9.04. The van der Waals surface area contributed by atoms with Gasteiger partial charge >= 0.3 is 6.03 Å². The molecule has 1 aromatic rings. The minimum absolute atomic E-state index is 0.128. The Kier molecular flexibility index (Phi) is 6.19. The van der Waals surface area contributed by atoms with Gasteiger partial charge in [-0.3, -0.25) is 0 Å². The van der Waals surface area contributed by atoms with Crippen LogP contribution >= 0.6 is 0 Å². The number of carbonyl (C=O) groups is 1. The number of hydrogen-bond acceptors (Lipinski definition) is 2. The van der Waals surface area contributed by atoms with Crippen LogP contribution in [0.2, 0.25) is 0 Å². The number of unbranched alkanes of at least 4 members (excludes halogenated alkanes) is 2. The fourth-order valence-electron chi connectivity index (χ4n) is 1.81. The van der Waals surface area contributed by atoms with Gasteiger partial charge < -0.3 is 15.5 Å². The number of carbonyl (C=O) groups excluding carboxylic acids is 1. The molecule has 0 fully saturated rings. The van der Waals surface area contributed by atoms with Gasteiger partial charge in [-0.2, -0.15) is 0 Å². The number of urea groups is 1. The van der Waals surface area contributed by atoms with Crippen LogP contribution in [0.15, 0.2) is 18.2 Å². The lowest BCUT2D eigenvalue weighted by molar-refractivity contribution is 0.252. The second-order valence-electron chi connectivity index (χ2n) is 4.98. The number of nitrogens with zero attached hydrogens (tertiary/aromatic N) is 1. The molecule has 0 aliphatic rings. The molecule has 1 aromatic carbocycles. The largest absolute Gasteiger partial charge is 0.378 e.